The van der Waals surface area contributed by atoms with Crippen molar-refractivity contribution >= 4 is 17.9 Å². The minimum absolute atomic E-state index is 0.110. The highest BCUT2D eigenvalue weighted by molar-refractivity contribution is 5.71. The summed E-state index contributed by atoms with van der Waals surface area (Å²) in [6.07, 6.45) is 96.9. The van der Waals surface area contributed by atoms with E-state index in [0.717, 1.165) is 135 Å². The summed E-state index contributed by atoms with van der Waals surface area (Å²) in [6.45, 7) is 6.33. The number of hydrogen-bond donors (Lipinski definition) is 0. The number of unbranched alkanes of at least 4 members (excludes halogenated alkanes) is 20. The Bertz CT molecular complexity index is 1790. The summed E-state index contributed by atoms with van der Waals surface area (Å²) >= 11 is 0. The first-order valence-electron chi connectivity index (χ1n) is 32.5. The van der Waals surface area contributed by atoms with Crippen molar-refractivity contribution in [3.05, 3.63) is 158 Å². The molecular weight excluding hydrogens is 985 g/mol. The molecule has 0 N–H and O–H groups in total. The molecule has 0 aromatic heterocycles. The number of allylic oxidation sites excluding steroid dienone is 26. The van der Waals surface area contributed by atoms with Gasteiger partial charge in [0.1, 0.15) is 13.2 Å². The first kappa shape index (κ1) is 75.0. The molecule has 450 valence electrons. The van der Waals surface area contributed by atoms with E-state index in [2.05, 4.69) is 179 Å². The third kappa shape index (κ3) is 63.9. The minimum atomic E-state index is -0.819. The molecule has 0 amide bonds. The summed E-state index contributed by atoms with van der Waals surface area (Å²) in [5.74, 6) is -0.983. The molecule has 0 saturated heterocycles. The molecular formula is C74H118O6. The highest BCUT2D eigenvalue weighted by Gasteiger charge is 2.19. The van der Waals surface area contributed by atoms with E-state index in [9.17, 15) is 14.4 Å². The molecule has 0 spiro atoms. The lowest BCUT2D eigenvalue weighted by atomic mass is 10.0. The molecule has 0 fully saturated rings. The van der Waals surface area contributed by atoms with Gasteiger partial charge in [-0.05, 0) is 141 Å². The molecule has 6 nitrogen and oxygen atoms in total. The first-order valence-corrected chi connectivity index (χ1v) is 32.5. The third-order valence-electron chi connectivity index (χ3n) is 13.2. The van der Waals surface area contributed by atoms with Gasteiger partial charge in [0.05, 0.1) is 0 Å². The van der Waals surface area contributed by atoms with Gasteiger partial charge in [-0.2, -0.15) is 0 Å². The molecule has 1 unspecified atom stereocenters. The molecule has 0 aliphatic carbocycles. The summed E-state index contributed by atoms with van der Waals surface area (Å²) in [5, 5.41) is 0. The molecule has 0 rings (SSSR count). The van der Waals surface area contributed by atoms with Gasteiger partial charge in [0, 0.05) is 19.3 Å². The molecule has 6 heteroatoms. The van der Waals surface area contributed by atoms with Gasteiger partial charge < -0.3 is 14.2 Å². The number of hydrogen-bond acceptors (Lipinski definition) is 6. The Balaban J connectivity index is 4.30. The normalized spacial score (nSPS) is 13.2. The van der Waals surface area contributed by atoms with Crippen molar-refractivity contribution < 1.29 is 28.6 Å². The van der Waals surface area contributed by atoms with Gasteiger partial charge >= 0.3 is 17.9 Å². The largest absolute Gasteiger partial charge is 0.462 e. The van der Waals surface area contributed by atoms with Crippen LogP contribution < -0.4 is 0 Å². The average Bonchev–Trinajstić information content (AvgIpc) is 3.46. The third-order valence-corrected chi connectivity index (χ3v) is 13.2. The van der Waals surface area contributed by atoms with Crippen molar-refractivity contribution in [3.8, 4) is 0 Å². The quantitative estimate of drug-likeness (QED) is 0.0261. The predicted molar refractivity (Wildman–Crippen MR) is 348 cm³/mol. The fourth-order valence-electron chi connectivity index (χ4n) is 8.45. The van der Waals surface area contributed by atoms with Gasteiger partial charge in [0.2, 0.25) is 0 Å². The maximum Gasteiger partial charge on any atom is 0.306 e. The van der Waals surface area contributed by atoms with Crippen LogP contribution in [0.4, 0.5) is 0 Å². The maximum atomic E-state index is 12.9. The molecule has 0 heterocycles. The van der Waals surface area contributed by atoms with Gasteiger partial charge in [0.25, 0.3) is 0 Å². The Hall–Kier alpha value is -4.97. The van der Waals surface area contributed by atoms with Crippen LogP contribution in [0.25, 0.3) is 0 Å². The van der Waals surface area contributed by atoms with Crippen LogP contribution in [0, 0.1) is 0 Å². The van der Waals surface area contributed by atoms with E-state index < -0.39 is 6.10 Å². The van der Waals surface area contributed by atoms with E-state index in [1.54, 1.807) is 0 Å². The molecule has 1 atom stereocenters. The number of ether oxygens (including phenoxy) is 3. The van der Waals surface area contributed by atoms with E-state index in [0.29, 0.717) is 19.3 Å². The van der Waals surface area contributed by atoms with Crippen LogP contribution in [-0.2, 0) is 28.6 Å². The Labute approximate surface area is 492 Å². The van der Waals surface area contributed by atoms with Crippen LogP contribution in [0.5, 0.6) is 0 Å². The zero-order valence-electron chi connectivity index (χ0n) is 51.5. The number of carbonyl (C=O) groups is 3. The molecule has 0 aromatic carbocycles. The minimum Gasteiger partial charge on any atom is -0.462 e. The topological polar surface area (TPSA) is 78.9 Å². The summed E-state index contributed by atoms with van der Waals surface area (Å²) < 4.78 is 16.8. The van der Waals surface area contributed by atoms with E-state index in [-0.39, 0.29) is 37.5 Å². The molecule has 0 radical (unpaired) electrons. The van der Waals surface area contributed by atoms with Crippen molar-refractivity contribution in [1.82, 2.24) is 0 Å². The highest BCUT2D eigenvalue weighted by Crippen LogP contribution is 2.15. The van der Waals surface area contributed by atoms with Gasteiger partial charge in [-0.25, -0.2) is 0 Å². The van der Waals surface area contributed by atoms with E-state index >= 15 is 0 Å². The van der Waals surface area contributed by atoms with Crippen molar-refractivity contribution in [1.29, 1.82) is 0 Å². The lowest BCUT2D eigenvalue weighted by Gasteiger charge is -2.18. The smallest absolute Gasteiger partial charge is 0.306 e. The van der Waals surface area contributed by atoms with Crippen LogP contribution in [-0.4, -0.2) is 37.2 Å². The van der Waals surface area contributed by atoms with Crippen molar-refractivity contribution in [3.63, 3.8) is 0 Å². The SMILES string of the molecule is CC/C=C\C/C=C\C/C=C\C/C=C\C/C=C\C/C=C\C/C=C\CCCCCCCCCCCCCC(=O)OCC(COC(=O)CCCCCCC/C=C\CCCCC)OC(=O)CCC/C=C\C/C=C\C/C=C\C/C=C\C/C=C\CC. The average molecular weight is 1100 g/mol. The molecule has 80 heavy (non-hydrogen) atoms. The van der Waals surface area contributed by atoms with Crippen molar-refractivity contribution in [2.24, 2.45) is 0 Å². The van der Waals surface area contributed by atoms with E-state index in [1.807, 2.05) is 0 Å². The predicted octanol–water partition coefficient (Wildman–Crippen LogP) is 22.5. The van der Waals surface area contributed by atoms with E-state index in [1.165, 1.54) is 89.9 Å². The fourth-order valence-corrected chi connectivity index (χ4v) is 8.45. The lowest BCUT2D eigenvalue weighted by Crippen LogP contribution is -2.30. The van der Waals surface area contributed by atoms with Crippen LogP contribution >= 0.6 is 0 Å². The van der Waals surface area contributed by atoms with Gasteiger partial charge in [-0.3, -0.25) is 14.4 Å². The summed E-state index contributed by atoms with van der Waals surface area (Å²) in [5.41, 5.74) is 0. The summed E-state index contributed by atoms with van der Waals surface area (Å²) in [4.78, 5) is 38.2. The molecule has 0 aliphatic rings. The second-order valence-corrected chi connectivity index (χ2v) is 20.9. The monoisotopic (exact) mass is 1100 g/mol. The molecule has 0 aromatic rings. The Morgan fingerprint density at radius 1 is 0.263 bits per heavy atom. The standard InChI is InChI=1S/C74H118O6/c1-4-7-10-13-16-19-22-25-27-29-30-31-32-33-34-35-36-37-38-39-40-41-42-43-44-46-47-49-52-55-58-61-64-67-73(76)79-70-71(69-78-72(75)66-63-60-57-54-51-24-21-18-15-12-9-6-3)80-74(77)68-65-62-59-56-53-50-48-45-28-26-23-20-17-14-11-8-5-2/h7-8,10-11,16-21,25-28,30-31,33-34,36-37,39-40,48,50,56,59,71H,4-6,9,12-15,22-24,29,32,35,38,41-47,49,51-55,57-58,60-70H2,1-3H3/b10-7-,11-8-,19-16-,20-17-,21-18-,27-25-,28-26-,31-30-,34-33-,37-36-,40-39-,50-48-,59-56-. The Morgan fingerprint density at radius 2 is 0.500 bits per heavy atom. The summed E-state index contributed by atoms with van der Waals surface area (Å²) in [7, 11) is 0. The molecule has 0 aliphatic heterocycles. The van der Waals surface area contributed by atoms with Gasteiger partial charge in [0.15, 0.2) is 6.10 Å². The first-order chi connectivity index (χ1) is 39.5. The van der Waals surface area contributed by atoms with Crippen LogP contribution in [0.1, 0.15) is 271 Å². The Kier molecular flexibility index (Phi) is 62.4. The molecule has 0 saturated carbocycles. The van der Waals surface area contributed by atoms with E-state index in [4.69, 9.17) is 14.2 Å². The van der Waals surface area contributed by atoms with Gasteiger partial charge in [-0.15, -0.1) is 0 Å². The van der Waals surface area contributed by atoms with Crippen LogP contribution in [0.15, 0.2) is 158 Å². The van der Waals surface area contributed by atoms with Crippen LogP contribution in [0.3, 0.4) is 0 Å². The van der Waals surface area contributed by atoms with Gasteiger partial charge in [-0.1, -0.05) is 269 Å². The zero-order chi connectivity index (χ0) is 57.8. The number of carbonyl (C=O) groups excluding carboxylic acids is 3. The second-order valence-electron chi connectivity index (χ2n) is 20.9. The second kappa shape index (κ2) is 66.5. The zero-order valence-corrected chi connectivity index (χ0v) is 51.5. The Morgan fingerprint density at radius 3 is 0.812 bits per heavy atom. The fraction of sp³-hybridized carbons (Fsp3) is 0.608. The van der Waals surface area contributed by atoms with Crippen LogP contribution in [0.2, 0.25) is 0 Å². The highest BCUT2D eigenvalue weighted by atomic mass is 16.6. The van der Waals surface area contributed by atoms with Crippen molar-refractivity contribution in [2.45, 2.75) is 277 Å². The van der Waals surface area contributed by atoms with Crippen molar-refractivity contribution in [2.75, 3.05) is 13.2 Å². The lowest BCUT2D eigenvalue weighted by molar-refractivity contribution is -0.167. The number of esters is 3. The number of rotatable bonds is 57. The maximum absolute atomic E-state index is 12.9. The molecule has 0 bridgehead atoms. The summed E-state index contributed by atoms with van der Waals surface area (Å²) in [6, 6.07) is 0.